The van der Waals surface area contributed by atoms with Gasteiger partial charge in [0.1, 0.15) is 11.9 Å². The van der Waals surface area contributed by atoms with Crippen LogP contribution in [0.25, 0.3) is 0 Å². The molecule has 0 saturated carbocycles. The van der Waals surface area contributed by atoms with Gasteiger partial charge in [0, 0.05) is 26.2 Å². The molecular formula is C22H28FN3O3S. The average molecular weight is 434 g/mol. The van der Waals surface area contributed by atoms with Crippen molar-refractivity contribution in [3.05, 3.63) is 59.4 Å². The third kappa shape index (κ3) is 4.75. The van der Waals surface area contributed by atoms with Crippen LogP contribution in [0.1, 0.15) is 18.1 Å². The second-order valence-electron chi connectivity index (χ2n) is 7.84. The molecule has 2 aromatic carbocycles. The van der Waals surface area contributed by atoms with Gasteiger partial charge in [0.2, 0.25) is 15.9 Å². The number of sulfonamides is 1. The molecule has 0 spiro atoms. The van der Waals surface area contributed by atoms with Crippen molar-refractivity contribution < 1.29 is 17.6 Å². The molecule has 0 radical (unpaired) electrons. The molecule has 1 fully saturated rings. The first-order chi connectivity index (χ1) is 14.1. The zero-order chi connectivity index (χ0) is 22.1. The van der Waals surface area contributed by atoms with Crippen LogP contribution in [0.15, 0.2) is 42.5 Å². The number of carbonyl (C=O) groups excluding carboxylic acids is 1. The fourth-order valence-electron chi connectivity index (χ4n) is 4.02. The molecule has 6 nitrogen and oxygen atoms in total. The monoisotopic (exact) mass is 433 g/mol. The van der Waals surface area contributed by atoms with E-state index in [1.54, 1.807) is 42.2 Å². The summed E-state index contributed by atoms with van der Waals surface area (Å²) in [5, 5.41) is 0. The summed E-state index contributed by atoms with van der Waals surface area (Å²) in [6.45, 7) is 7.19. The Labute approximate surface area is 177 Å². The zero-order valence-electron chi connectivity index (χ0n) is 17.8. The standard InChI is InChI=1S/C22H28FN3O3S/c1-16-13-17(2)15-19(14-16)26(30(4,28)29)18(3)22(27)25-11-9-24(10-12-25)21-8-6-5-7-20(21)23/h5-8,13-15,18H,9-12H2,1-4H3/t18-/m1/s1. The van der Waals surface area contributed by atoms with Gasteiger partial charge >= 0.3 is 0 Å². The molecule has 1 amide bonds. The van der Waals surface area contributed by atoms with E-state index in [-0.39, 0.29) is 11.7 Å². The Balaban J connectivity index is 1.77. The predicted molar refractivity (Wildman–Crippen MR) is 118 cm³/mol. The molecule has 162 valence electrons. The highest BCUT2D eigenvalue weighted by molar-refractivity contribution is 7.92. The Hall–Kier alpha value is -2.61. The molecule has 1 atom stereocenters. The van der Waals surface area contributed by atoms with Crippen molar-refractivity contribution in [3.8, 4) is 0 Å². The lowest BCUT2D eigenvalue weighted by Crippen LogP contribution is -2.55. The van der Waals surface area contributed by atoms with Gasteiger partial charge in [0.25, 0.3) is 0 Å². The number of nitrogens with zero attached hydrogens (tertiary/aromatic N) is 3. The van der Waals surface area contributed by atoms with Gasteiger partial charge in [0.15, 0.2) is 0 Å². The molecule has 0 aliphatic carbocycles. The van der Waals surface area contributed by atoms with E-state index in [1.165, 1.54) is 10.4 Å². The van der Waals surface area contributed by atoms with Crippen LogP contribution in [0.5, 0.6) is 0 Å². The third-order valence-corrected chi connectivity index (χ3v) is 6.55. The molecule has 0 bridgehead atoms. The number of para-hydroxylation sites is 1. The van der Waals surface area contributed by atoms with Crippen molar-refractivity contribution in [1.29, 1.82) is 0 Å². The van der Waals surface area contributed by atoms with Gasteiger partial charge < -0.3 is 9.80 Å². The fourth-order valence-corrected chi connectivity index (χ4v) is 5.17. The molecule has 0 unspecified atom stereocenters. The summed E-state index contributed by atoms with van der Waals surface area (Å²) in [4.78, 5) is 16.7. The molecule has 1 aliphatic rings. The largest absolute Gasteiger partial charge is 0.366 e. The highest BCUT2D eigenvalue weighted by atomic mass is 32.2. The second-order valence-corrected chi connectivity index (χ2v) is 9.70. The highest BCUT2D eigenvalue weighted by Gasteiger charge is 2.33. The number of halogens is 1. The summed E-state index contributed by atoms with van der Waals surface area (Å²) in [5.74, 6) is -0.545. The van der Waals surface area contributed by atoms with Crippen LogP contribution in [0.4, 0.5) is 15.8 Å². The van der Waals surface area contributed by atoms with E-state index in [4.69, 9.17) is 0 Å². The van der Waals surface area contributed by atoms with E-state index in [2.05, 4.69) is 0 Å². The Morgan fingerprint density at radius 1 is 1.03 bits per heavy atom. The van der Waals surface area contributed by atoms with Crippen molar-refractivity contribution >= 4 is 27.3 Å². The quantitative estimate of drug-likeness (QED) is 0.728. The zero-order valence-corrected chi connectivity index (χ0v) is 18.6. The van der Waals surface area contributed by atoms with Crippen molar-refractivity contribution in [2.24, 2.45) is 0 Å². The van der Waals surface area contributed by atoms with Crippen LogP contribution >= 0.6 is 0 Å². The molecule has 30 heavy (non-hydrogen) atoms. The summed E-state index contributed by atoms with van der Waals surface area (Å²) < 4.78 is 40.4. The lowest BCUT2D eigenvalue weighted by Gasteiger charge is -2.39. The second kappa shape index (κ2) is 8.63. The molecule has 1 aliphatic heterocycles. The number of anilines is 2. The Morgan fingerprint density at radius 3 is 2.13 bits per heavy atom. The summed E-state index contributed by atoms with van der Waals surface area (Å²) in [6, 6.07) is 11.2. The van der Waals surface area contributed by atoms with Gasteiger partial charge in [-0.3, -0.25) is 9.10 Å². The normalized spacial score (nSPS) is 15.8. The van der Waals surface area contributed by atoms with Crippen molar-refractivity contribution in [3.63, 3.8) is 0 Å². The summed E-state index contributed by atoms with van der Waals surface area (Å²) in [7, 11) is -3.67. The summed E-state index contributed by atoms with van der Waals surface area (Å²) in [5.41, 5.74) is 2.86. The van der Waals surface area contributed by atoms with Crippen LogP contribution in [0.2, 0.25) is 0 Å². The average Bonchev–Trinajstić information content (AvgIpc) is 2.66. The number of aryl methyl sites for hydroxylation is 2. The van der Waals surface area contributed by atoms with E-state index in [1.807, 2.05) is 24.8 Å². The smallest absolute Gasteiger partial charge is 0.246 e. The Morgan fingerprint density at radius 2 is 1.60 bits per heavy atom. The van der Waals surface area contributed by atoms with Gasteiger partial charge in [-0.15, -0.1) is 0 Å². The number of carbonyl (C=O) groups is 1. The van der Waals surface area contributed by atoms with Crippen LogP contribution in [0, 0.1) is 19.7 Å². The molecule has 0 N–H and O–H groups in total. The van der Waals surface area contributed by atoms with Crippen molar-refractivity contribution in [2.45, 2.75) is 26.8 Å². The molecule has 8 heteroatoms. The van der Waals surface area contributed by atoms with E-state index < -0.39 is 16.1 Å². The van der Waals surface area contributed by atoms with Crippen molar-refractivity contribution in [1.82, 2.24) is 4.90 Å². The van der Waals surface area contributed by atoms with E-state index in [0.717, 1.165) is 17.4 Å². The number of hydrogen-bond donors (Lipinski definition) is 0. The Kier molecular flexibility index (Phi) is 6.36. The Bertz CT molecular complexity index is 1010. The number of piperazine rings is 1. The first-order valence-corrected chi connectivity index (χ1v) is 11.8. The first-order valence-electron chi connectivity index (χ1n) is 9.94. The molecule has 2 aromatic rings. The predicted octanol–water partition coefficient (Wildman–Crippen LogP) is 2.95. The first kappa shape index (κ1) is 22.1. The third-order valence-electron chi connectivity index (χ3n) is 5.31. The highest BCUT2D eigenvalue weighted by Crippen LogP contribution is 2.25. The maximum Gasteiger partial charge on any atom is 0.246 e. The summed E-state index contributed by atoms with van der Waals surface area (Å²) in [6.07, 6.45) is 1.12. The van der Waals surface area contributed by atoms with E-state index >= 15 is 0 Å². The lowest BCUT2D eigenvalue weighted by molar-refractivity contribution is -0.132. The van der Waals surface area contributed by atoms with Gasteiger partial charge in [-0.1, -0.05) is 18.2 Å². The van der Waals surface area contributed by atoms with Gasteiger partial charge in [-0.05, 0) is 56.2 Å². The minimum absolute atomic E-state index is 0.257. The van der Waals surface area contributed by atoms with E-state index in [0.29, 0.717) is 37.6 Å². The van der Waals surface area contributed by atoms with Gasteiger partial charge in [0.05, 0.1) is 17.6 Å². The SMILES string of the molecule is Cc1cc(C)cc(N([C@H](C)C(=O)N2CCN(c3ccccc3F)CC2)S(C)(=O)=O)c1. The van der Waals surface area contributed by atoms with Crippen molar-refractivity contribution in [2.75, 3.05) is 41.6 Å². The van der Waals surface area contributed by atoms with Crippen LogP contribution in [-0.2, 0) is 14.8 Å². The van der Waals surface area contributed by atoms with E-state index in [9.17, 15) is 17.6 Å². The minimum Gasteiger partial charge on any atom is -0.366 e. The molecule has 0 aromatic heterocycles. The number of hydrogen-bond acceptors (Lipinski definition) is 4. The fraction of sp³-hybridized carbons (Fsp3) is 0.409. The molecule has 1 heterocycles. The lowest BCUT2D eigenvalue weighted by atomic mass is 10.1. The number of amides is 1. The molecule has 1 saturated heterocycles. The maximum atomic E-state index is 14.1. The van der Waals surface area contributed by atoms with Crippen LogP contribution < -0.4 is 9.21 Å². The topological polar surface area (TPSA) is 60.9 Å². The maximum absolute atomic E-state index is 14.1. The molecular weight excluding hydrogens is 405 g/mol. The van der Waals surface area contributed by atoms with Gasteiger partial charge in [-0.25, -0.2) is 12.8 Å². The number of benzene rings is 2. The minimum atomic E-state index is -3.67. The van der Waals surface area contributed by atoms with Crippen LogP contribution in [0.3, 0.4) is 0 Å². The molecule has 3 rings (SSSR count). The number of rotatable bonds is 5. The van der Waals surface area contributed by atoms with Crippen LogP contribution in [-0.4, -0.2) is 57.7 Å². The summed E-state index contributed by atoms with van der Waals surface area (Å²) >= 11 is 0. The van der Waals surface area contributed by atoms with Gasteiger partial charge in [-0.2, -0.15) is 0 Å².